The van der Waals surface area contributed by atoms with Crippen LogP contribution in [0, 0.1) is 0 Å². The molecule has 0 spiro atoms. The molecule has 0 aliphatic carbocycles. The summed E-state index contributed by atoms with van der Waals surface area (Å²) >= 11 is 1.71. The summed E-state index contributed by atoms with van der Waals surface area (Å²) in [5, 5.41) is 5.02. The van der Waals surface area contributed by atoms with E-state index in [4.69, 9.17) is 9.88 Å². The highest BCUT2D eigenvalue weighted by Crippen LogP contribution is 2.18. The summed E-state index contributed by atoms with van der Waals surface area (Å²) in [6.07, 6.45) is 0. The van der Waals surface area contributed by atoms with Crippen LogP contribution in [-0.4, -0.2) is 20.8 Å². The first-order valence-electron chi connectivity index (χ1n) is 5.99. The van der Waals surface area contributed by atoms with E-state index in [0.717, 1.165) is 5.75 Å². The predicted octanol–water partition coefficient (Wildman–Crippen LogP) is 2.51. The average molecular weight is 309 g/mol. The summed E-state index contributed by atoms with van der Waals surface area (Å²) in [5.74, 6) is 1.45. The number of hydrogen-bond acceptors (Lipinski definition) is 4. The molecule has 0 amide bonds. The van der Waals surface area contributed by atoms with Crippen LogP contribution in [0.1, 0.15) is 0 Å². The van der Waals surface area contributed by atoms with E-state index in [1.54, 1.807) is 23.9 Å². The Morgan fingerprint density at radius 1 is 1.00 bits per heavy atom. The van der Waals surface area contributed by atoms with Gasteiger partial charge in [-0.05, 0) is 36.4 Å². The van der Waals surface area contributed by atoms with Crippen LogP contribution < -0.4 is 9.88 Å². The van der Waals surface area contributed by atoms with Crippen LogP contribution in [0.4, 0.5) is 0 Å². The summed E-state index contributed by atoms with van der Waals surface area (Å²) in [7, 11) is -3.64. The molecule has 6 heteroatoms. The van der Waals surface area contributed by atoms with Gasteiger partial charge in [0.15, 0.2) is 0 Å². The maximum absolute atomic E-state index is 11.1. The molecule has 0 heterocycles. The molecule has 0 aliphatic heterocycles. The van der Waals surface area contributed by atoms with Gasteiger partial charge < -0.3 is 4.74 Å². The molecular weight excluding hydrogens is 294 g/mol. The average Bonchev–Trinajstić information content (AvgIpc) is 2.44. The zero-order chi connectivity index (χ0) is 14.4. The Morgan fingerprint density at radius 2 is 1.65 bits per heavy atom. The van der Waals surface area contributed by atoms with E-state index in [9.17, 15) is 8.42 Å². The Morgan fingerprint density at radius 3 is 2.25 bits per heavy atom. The van der Waals surface area contributed by atoms with Gasteiger partial charge in [-0.1, -0.05) is 18.2 Å². The maximum atomic E-state index is 11.1. The number of primary sulfonamides is 1. The zero-order valence-corrected chi connectivity index (χ0v) is 12.4. The normalized spacial score (nSPS) is 11.2. The van der Waals surface area contributed by atoms with Gasteiger partial charge in [-0.15, -0.1) is 11.8 Å². The minimum absolute atomic E-state index is 0.0866. The lowest BCUT2D eigenvalue weighted by molar-refractivity contribution is 0.343. The van der Waals surface area contributed by atoms with Crippen molar-refractivity contribution in [1.29, 1.82) is 0 Å². The molecule has 0 saturated heterocycles. The monoisotopic (exact) mass is 309 g/mol. The van der Waals surface area contributed by atoms with E-state index in [0.29, 0.717) is 12.4 Å². The molecule has 4 nitrogen and oxygen atoms in total. The molecule has 0 unspecified atom stereocenters. The highest BCUT2D eigenvalue weighted by molar-refractivity contribution is 7.99. The van der Waals surface area contributed by atoms with Gasteiger partial charge >= 0.3 is 0 Å². The summed E-state index contributed by atoms with van der Waals surface area (Å²) in [6.45, 7) is 0.550. The third-order valence-electron chi connectivity index (χ3n) is 2.52. The van der Waals surface area contributed by atoms with Gasteiger partial charge in [0.1, 0.15) is 5.75 Å². The van der Waals surface area contributed by atoms with E-state index in [-0.39, 0.29) is 4.90 Å². The molecule has 0 aliphatic rings. The molecule has 0 aromatic heterocycles. The van der Waals surface area contributed by atoms with Crippen molar-refractivity contribution >= 4 is 21.8 Å². The Kier molecular flexibility index (Phi) is 5.05. The van der Waals surface area contributed by atoms with E-state index in [1.807, 2.05) is 30.3 Å². The molecule has 0 saturated carbocycles. The van der Waals surface area contributed by atoms with Gasteiger partial charge in [0.2, 0.25) is 10.0 Å². The lowest BCUT2D eigenvalue weighted by atomic mass is 10.3. The molecule has 20 heavy (non-hydrogen) atoms. The Labute approximate surface area is 123 Å². The Hall–Kier alpha value is -1.50. The third kappa shape index (κ3) is 4.56. The van der Waals surface area contributed by atoms with Gasteiger partial charge in [-0.25, -0.2) is 13.6 Å². The first-order chi connectivity index (χ1) is 9.55. The Bertz CT molecular complexity index is 640. The zero-order valence-electron chi connectivity index (χ0n) is 10.7. The molecule has 2 N–H and O–H groups in total. The van der Waals surface area contributed by atoms with Crippen LogP contribution >= 0.6 is 11.8 Å². The van der Waals surface area contributed by atoms with E-state index < -0.39 is 10.0 Å². The molecule has 2 aromatic carbocycles. The predicted molar refractivity (Wildman–Crippen MR) is 80.5 cm³/mol. The minimum Gasteiger partial charge on any atom is -0.493 e. The number of benzene rings is 2. The molecule has 0 fully saturated rings. The van der Waals surface area contributed by atoms with Crippen LogP contribution in [0.15, 0.2) is 64.4 Å². The van der Waals surface area contributed by atoms with Crippen molar-refractivity contribution in [2.75, 3.05) is 12.4 Å². The van der Waals surface area contributed by atoms with Gasteiger partial charge in [0.05, 0.1) is 11.5 Å². The summed E-state index contributed by atoms with van der Waals surface area (Å²) in [6, 6.07) is 16.2. The molecule has 0 bridgehead atoms. The first kappa shape index (κ1) is 14.9. The number of nitrogens with two attached hydrogens (primary N) is 1. The van der Waals surface area contributed by atoms with E-state index >= 15 is 0 Å². The van der Waals surface area contributed by atoms with Crippen molar-refractivity contribution in [3.63, 3.8) is 0 Å². The van der Waals surface area contributed by atoms with Crippen LogP contribution in [0.25, 0.3) is 0 Å². The van der Waals surface area contributed by atoms with Crippen molar-refractivity contribution in [2.24, 2.45) is 5.14 Å². The fourth-order valence-electron chi connectivity index (χ4n) is 1.56. The second kappa shape index (κ2) is 6.78. The minimum atomic E-state index is -3.64. The van der Waals surface area contributed by atoms with Crippen molar-refractivity contribution < 1.29 is 13.2 Å². The summed E-state index contributed by atoms with van der Waals surface area (Å²) in [5.41, 5.74) is 0. The van der Waals surface area contributed by atoms with E-state index in [2.05, 4.69) is 0 Å². The van der Waals surface area contributed by atoms with Crippen molar-refractivity contribution in [3.05, 3.63) is 54.6 Å². The molecule has 106 valence electrons. The molecule has 2 rings (SSSR count). The second-order valence-corrected chi connectivity index (χ2v) is 6.76. The Balaban J connectivity index is 1.80. The lowest BCUT2D eigenvalue weighted by Gasteiger charge is -2.06. The summed E-state index contributed by atoms with van der Waals surface area (Å²) < 4.78 is 27.7. The van der Waals surface area contributed by atoms with Crippen LogP contribution in [0.5, 0.6) is 5.75 Å². The molecule has 0 atom stereocenters. The van der Waals surface area contributed by atoms with E-state index in [1.165, 1.54) is 17.0 Å². The molecular formula is C14H15NO3S2. The SMILES string of the molecule is NS(=O)(=O)c1ccc(OCCSc2ccccc2)cc1. The fourth-order valence-corrected chi connectivity index (χ4v) is 2.83. The first-order valence-corrected chi connectivity index (χ1v) is 8.52. The van der Waals surface area contributed by atoms with Crippen LogP contribution in [0.3, 0.4) is 0 Å². The van der Waals surface area contributed by atoms with Gasteiger partial charge in [-0.2, -0.15) is 0 Å². The van der Waals surface area contributed by atoms with Crippen LogP contribution in [-0.2, 0) is 10.0 Å². The highest BCUT2D eigenvalue weighted by Gasteiger charge is 2.06. The smallest absolute Gasteiger partial charge is 0.238 e. The topological polar surface area (TPSA) is 69.4 Å². The van der Waals surface area contributed by atoms with Gasteiger partial charge in [0, 0.05) is 10.6 Å². The van der Waals surface area contributed by atoms with Gasteiger partial charge in [0.25, 0.3) is 0 Å². The van der Waals surface area contributed by atoms with Crippen LogP contribution in [0.2, 0.25) is 0 Å². The third-order valence-corrected chi connectivity index (χ3v) is 4.42. The number of ether oxygens (including phenoxy) is 1. The van der Waals surface area contributed by atoms with Gasteiger partial charge in [-0.3, -0.25) is 0 Å². The molecule has 0 radical (unpaired) electrons. The maximum Gasteiger partial charge on any atom is 0.238 e. The lowest BCUT2D eigenvalue weighted by Crippen LogP contribution is -2.11. The van der Waals surface area contributed by atoms with Crippen molar-refractivity contribution in [2.45, 2.75) is 9.79 Å². The number of thioether (sulfide) groups is 1. The highest BCUT2D eigenvalue weighted by atomic mass is 32.2. The number of rotatable bonds is 6. The quantitative estimate of drug-likeness (QED) is 0.657. The van der Waals surface area contributed by atoms with Crippen molar-refractivity contribution in [3.8, 4) is 5.75 Å². The second-order valence-electron chi connectivity index (χ2n) is 4.03. The standard InChI is InChI=1S/C14H15NO3S2/c15-20(16,17)14-8-6-12(7-9-14)18-10-11-19-13-4-2-1-3-5-13/h1-9H,10-11H2,(H2,15,16,17). The number of sulfonamides is 1. The van der Waals surface area contributed by atoms with Crippen molar-refractivity contribution in [1.82, 2.24) is 0 Å². The molecule has 2 aromatic rings. The fraction of sp³-hybridized carbons (Fsp3) is 0.143. The largest absolute Gasteiger partial charge is 0.493 e. The number of hydrogen-bond donors (Lipinski definition) is 1. The summed E-state index contributed by atoms with van der Waals surface area (Å²) in [4.78, 5) is 1.28.